The summed E-state index contributed by atoms with van der Waals surface area (Å²) in [4.78, 5) is 21.9. The first-order valence-corrected chi connectivity index (χ1v) is 15.6. The lowest BCUT2D eigenvalue weighted by molar-refractivity contribution is -0.132. The van der Waals surface area contributed by atoms with Crippen LogP contribution in [0.2, 0.25) is 0 Å². The van der Waals surface area contributed by atoms with Crippen LogP contribution in [-0.2, 0) is 4.79 Å². The monoisotopic (exact) mass is 519 g/mol. The SMILES string of the molecule is C[C@H](CCC(=O)N1CCN(c2cccnc2)CC1)[C@H]1CC[C@H]2[C@@H]3CC=C4C[C@@H](O)CC[C@]4(C)[C@H]3CC[C@]12C. The zero-order valence-electron chi connectivity index (χ0n) is 23.9. The van der Waals surface area contributed by atoms with Gasteiger partial charge in [0.1, 0.15) is 0 Å². The Kier molecular flexibility index (Phi) is 7.12. The van der Waals surface area contributed by atoms with Gasteiger partial charge in [0.05, 0.1) is 18.0 Å². The highest BCUT2D eigenvalue weighted by Gasteiger charge is 2.59. The summed E-state index contributed by atoms with van der Waals surface area (Å²) in [5, 5.41) is 10.3. The minimum atomic E-state index is -0.121. The summed E-state index contributed by atoms with van der Waals surface area (Å²) in [5.74, 6) is 4.14. The summed E-state index contributed by atoms with van der Waals surface area (Å²) < 4.78 is 0. The van der Waals surface area contributed by atoms with E-state index in [9.17, 15) is 9.90 Å². The highest BCUT2D eigenvalue weighted by Crippen LogP contribution is 2.67. The highest BCUT2D eigenvalue weighted by atomic mass is 16.3. The van der Waals surface area contributed by atoms with Crippen molar-refractivity contribution in [3.8, 4) is 0 Å². The molecule has 8 atom stereocenters. The third-order valence-electron chi connectivity index (χ3n) is 12.3. The van der Waals surface area contributed by atoms with E-state index in [1.54, 1.807) is 5.57 Å². The first-order valence-electron chi connectivity index (χ1n) is 15.6. The van der Waals surface area contributed by atoms with Crippen molar-refractivity contribution in [3.05, 3.63) is 36.2 Å². The number of fused-ring (bicyclic) bond motifs is 5. The van der Waals surface area contributed by atoms with Gasteiger partial charge in [0.15, 0.2) is 0 Å². The molecule has 1 aromatic rings. The second kappa shape index (κ2) is 10.3. The second-order valence-electron chi connectivity index (χ2n) is 14.0. The van der Waals surface area contributed by atoms with Crippen molar-refractivity contribution in [2.24, 2.45) is 40.4 Å². The smallest absolute Gasteiger partial charge is 0.222 e. The van der Waals surface area contributed by atoms with E-state index in [2.05, 4.69) is 47.7 Å². The molecule has 1 aliphatic heterocycles. The average Bonchev–Trinajstić information content (AvgIpc) is 3.30. The van der Waals surface area contributed by atoms with Crippen LogP contribution in [0, 0.1) is 40.4 Å². The third-order valence-corrected chi connectivity index (χ3v) is 12.3. The van der Waals surface area contributed by atoms with E-state index in [0.717, 1.165) is 74.8 Å². The Morgan fingerprint density at radius 3 is 2.68 bits per heavy atom. The molecule has 3 saturated carbocycles. The quantitative estimate of drug-likeness (QED) is 0.479. The normalized spacial score (nSPS) is 39.6. The summed E-state index contributed by atoms with van der Waals surface area (Å²) in [7, 11) is 0. The number of allylic oxidation sites excluding steroid dienone is 1. The Morgan fingerprint density at radius 1 is 1.11 bits per heavy atom. The molecule has 4 fully saturated rings. The fraction of sp³-hybridized carbons (Fsp3) is 0.758. The standard InChI is InChI=1S/C33H49N3O2/c1-23(6-11-31(38)36-19-17-35(18-20-36)25-5-4-16-34-22-25)28-9-10-29-27-8-7-24-21-26(37)12-14-32(24,2)30(27)13-15-33(28,29)3/h4-5,7,16,22-23,26-30,37H,6,8-15,17-21H2,1-3H3/t23-,26+,27+,28-,29+,30+,32+,33-/m1/s1. The van der Waals surface area contributed by atoms with Crippen molar-refractivity contribution in [1.29, 1.82) is 0 Å². The van der Waals surface area contributed by atoms with Gasteiger partial charge in [-0.15, -0.1) is 0 Å². The number of pyridine rings is 1. The van der Waals surface area contributed by atoms with Gasteiger partial charge >= 0.3 is 0 Å². The molecule has 2 heterocycles. The number of hydrogen-bond donors (Lipinski definition) is 1. The van der Waals surface area contributed by atoms with Crippen LogP contribution in [0.3, 0.4) is 0 Å². The predicted octanol–water partition coefficient (Wildman–Crippen LogP) is 6.09. The number of hydrogen-bond acceptors (Lipinski definition) is 4. The molecular weight excluding hydrogens is 470 g/mol. The molecular formula is C33H49N3O2. The Labute approximate surface area is 230 Å². The van der Waals surface area contributed by atoms with Crippen molar-refractivity contribution < 1.29 is 9.90 Å². The second-order valence-corrected chi connectivity index (χ2v) is 14.0. The van der Waals surface area contributed by atoms with Gasteiger partial charge in [0.2, 0.25) is 5.91 Å². The van der Waals surface area contributed by atoms with Crippen LogP contribution < -0.4 is 4.90 Å². The fourth-order valence-electron chi connectivity index (χ4n) is 10.1. The summed E-state index contributed by atoms with van der Waals surface area (Å²) in [6.45, 7) is 11.0. The Hall–Kier alpha value is -1.88. The topological polar surface area (TPSA) is 56.7 Å². The number of aliphatic hydroxyl groups is 1. The van der Waals surface area contributed by atoms with Crippen LogP contribution in [0.4, 0.5) is 5.69 Å². The maximum Gasteiger partial charge on any atom is 0.222 e. The first kappa shape index (κ1) is 26.3. The number of rotatable bonds is 5. The van der Waals surface area contributed by atoms with E-state index < -0.39 is 0 Å². The molecule has 5 heteroatoms. The van der Waals surface area contributed by atoms with Gasteiger partial charge in [0, 0.05) is 38.8 Å². The molecule has 5 aliphatic rings. The van der Waals surface area contributed by atoms with Gasteiger partial charge in [-0.3, -0.25) is 9.78 Å². The Balaban J connectivity index is 1.04. The maximum atomic E-state index is 13.2. The molecule has 1 amide bonds. The lowest BCUT2D eigenvalue weighted by atomic mass is 9.47. The van der Waals surface area contributed by atoms with Crippen molar-refractivity contribution in [3.63, 3.8) is 0 Å². The molecule has 0 aromatic carbocycles. The zero-order valence-corrected chi connectivity index (χ0v) is 23.9. The highest BCUT2D eigenvalue weighted by molar-refractivity contribution is 5.76. The van der Waals surface area contributed by atoms with Gasteiger partial charge in [-0.1, -0.05) is 32.4 Å². The minimum absolute atomic E-state index is 0.121. The molecule has 0 radical (unpaired) electrons. The number of anilines is 1. The van der Waals surface area contributed by atoms with E-state index in [1.807, 2.05) is 18.5 Å². The number of aromatic nitrogens is 1. The number of carbonyl (C=O) groups excluding carboxylic acids is 1. The van der Waals surface area contributed by atoms with Crippen LogP contribution in [0.15, 0.2) is 36.2 Å². The van der Waals surface area contributed by atoms with Gasteiger partial charge < -0.3 is 14.9 Å². The van der Waals surface area contributed by atoms with Crippen molar-refractivity contribution in [2.45, 2.75) is 91.1 Å². The number of nitrogens with zero attached hydrogens (tertiary/aromatic N) is 3. The van der Waals surface area contributed by atoms with Gasteiger partial charge in [0.25, 0.3) is 0 Å². The van der Waals surface area contributed by atoms with E-state index in [4.69, 9.17) is 0 Å². The third kappa shape index (κ3) is 4.51. The zero-order chi connectivity index (χ0) is 26.5. The average molecular weight is 520 g/mol. The Bertz CT molecular complexity index is 1030. The summed E-state index contributed by atoms with van der Waals surface area (Å²) >= 11 is 0. The fourth-order valence-corrected chi connectivity index (χ4v) is 10.1. The largest absolute Gasteiger partial charge is 0.393 e. The molecule has 6 rings (SSSR count). The Morgan fingerprint density at radius 2 is 1.92 bits per heavy atom. The van der Waals surface area contributed by atoms with Gasteiger partial charge in [-0.05, 0) is 110 Å². The molecule has 0 bridgehead atoms. The van der Waals surface area contributed by atoms with Crippen LogP contribution in [0.5, 0.6) is 0 Å². The van der Waals surface area contributed by atoms with Crippen LogP contribution >= 0.6 is 0 Å². The molecule has 1 saturated heterocycles. The lowest BCUT2D eigenvalue weighted by Crippen LogP contribution is -2.51. The van der Waals surface area contributed by atoms with Gasteiger partial charge in [-0.25, -0.2) is 0 Å². The van der Waals surface area contributed by atoms with Gasteiger partial charge in [-0.2, -0.15) is 0 Å². The van der Waals surface area contributed by atoms with E-state index in [1.165, 1.54) is 38.5 Å². The van der Waals surface area contributed by atoms with Crippen LogP contribution in [0.25, 0.3) is 0 Å². The number of carbonyl (C=O) groups is 1. The van der Waals surface area contributed by atoms with Crippen molar-refractivity contribution in [2.75, 3.05) is 31.1 Å². The molecule has 4 aliphatic carbocycles. The van der Waals surface area contributed by atoms with Crippen LogP contribution in [0.1, 0.15) is 85.0 Å². The molecule has 0 unspecified atom stereocenters. The first-order chi connectivity index (χ1) is 18.3. The van der Waals surface area contributed by atoms with Crippen molar-refractivity contribution >= 4 is 11.6 Å². The maximum absolute atomic E-state index is 13.2. The summed E-state index contributed by atoms with van der Waals surface area (Å²) in [6.07, 6.45) is 17.6. The van der Waals surface area contributed by atoms with E-state index in [0.29, 0.717) is 29.1 Å². The van der Waals surface area contributed by atoms with E-state index >= 15 is 0 Å². The molecule has 1 aromatic heterocycles. The minimum Gasteiger partial charge on any atom is -0.393 e. The predicted molar refractivity (Wildman–Crippen MR) is 153 cm³/mol. The van der Waals surface area contributed by atoms with Crippen LogP contribution in [-0.4, -0.2) is 53.2 Å². The molecule has 0 spiro atoms. The summed E-state index contributed by atoms with van der Waals surface area (Å²) in [5.41, 5.74) is 3.48. The molecule has 1 N–H and O–H groups in total. The number of aliphatic hydroxyl groups excluding tert-OH is 1. The molecule has 208 valence electrons. The number of amides is 1. The lowest BCUT2D eigenvalue weighted by Gasteiger charge is -2.58. The number of piperazine rings is 1. The van der Waals surface area contributed by atoms with Crippen molar-refractivity contribution in [1.82, 2.24) is 9.88 Å². The molecule has 38 heavy (non-hydrogen) atoms. The summed E-state index contributed by atoms with van der Waals surface area (Å²) in [6, 6.07) is 4.09. The molecule has 5 nitrogen and oxygen atoms in total. The van der Waals surface area contributed by atoms with E-state index in [-0.39, 0.29) is 6.10 Å².